The Bertz CT molecular complexity index is 465. The summed E-state index contributed by atoms with van der Waals surface area (Å²) in [5, 5.41) is 9.73. The topological polar surface area (TPSA) is 55.0 Å². The lowest BCUT2D eigenvalue weighted by Gasteiger charge is -2.53. The van der Waals surface area contributed by atoms with E-state index in [0.29, 0.717) is 17.7 Å². The van der Waals surface area contributed by atoms with E-state index in [1.807, 2.05) is 12.1 Å². The maximum absolute atomic E-state index is 9.73. The summed E-state index contributed by atoms with van der Waals surface area (Å²) >= 11 is 0. The van der Waals surface area contributed by atoms with Gasteiger partial charge in [0, 0.05) is 6.04 Å². The number of hydrogen-bond donors (Lipinski definition) is 1. The maximum atomic E-state index is 9.73. The van der Waals surface area contributed by atoms with E-state index < -0.39 is 0 Å². The minimum absolute atomic E-state index is 0. The molecule has 4 heteroatoms. The molecule has 1 aliphatic carbocycles. The highest BCUT2D eigenvalue weighted by molar-refractivity contribution is 5.85. The number of phenolic OH excluding ortho intramolecular Hbond substituents is 1. The number of benzene rings is 1. The average molecular weight is 286 g/mol. The van der Waals surface area contributed by atoms with Crippen LogP contribution >= 0.6 is 12.4 Å². The van der Waals surface area contributed by atoms with E-state index >= 15 is 0 Å². The molecular weight excluding hydrogens is 262 g/mol. The highest BCUT2D eigenvalue weighted by Gasteiger charge is 2.47. The first-order valence-corrected chi connectivity index (χ1v) is 6.55. The first-order valence-electron chi connectivity index (χ1n) is 6.55. The Kier molecular flexibility index (Phi) is 4.55. The van der Waals surface area contributed by atoms with Crippen molar-refractivity contribution in [2.45, 2.75) is 38.1 Å². The summed E-state index contributed by atoms with van der Waals surface area (Å²) in [4.78, 5) is 2.50. The molecule has 3 unspecified atom stereocenters. The van der Waals surface area contributed by atoms with Crippen LogP contribution < -0.4 is 0 Å². The molecule has 3 N–H and O–H groups in total. The van der Waals surface area contributed by atoms with E-state index in [1.165, 1.54) is 24.1 Å². The van der Waals surface area contributed by atoms with E-state index in [0.717, 1.165) is 6.42 Å². The largest absolute Gasteiger partial charge is 0.508 e. The van der Waals surface area contributed by atoms with Gasteiger partial charge < -0.3 is 15.5 Å². The first-order chi connectivity index (χ1) is 8.02. The van der Waals surface area contributed by atoms with Crippen molar-refractivity contribution in [1.29, 1.82) is 0 Å². The first kappa shape index (κ1) is 16.3. The van der Waals surface area contributed by atoms with Crippen molar-refractivity contribution in [3.63, 3.8) is 0 Å². The molecule has 19 heavy (non-hydrogen) atoms. The van der Waals surface area contributed by atoms with Crippen molar-refractivity contribution < 1.29 is 10.6 Å². The van der Waals surface area contributed by atoms with Crippen LogP contribution in [0.4, 0.5) is 0 Å². The number of phenols is 1. The molecule has 2 aliphatic rings. The maximum Gasteiger partial charge on any atom is 0.115 e. The van der Waals surface area contributed by atoms with Crippen molar-refractivity contribution in [1.82, 2.24) is 4.90 Å². The van der Waals surface area contributed by atoms with E-state index in [2.05, 4.69) is 31.9 Å². The van der Waals surface area contributed by atoms with Crippen LogP contribution in [0.1, 0.15) is 31.4 Å². The molecule has 3 nitrogen and oxygen atoms in total. The number of aromatic hydroxyl groups is 1. The zero-order valence-corrected chi connectivity index (χ0v) is 12.6. The summed E-state index contributed by atoms with van der Waals surface area (Å²) in [6.07, 6.45) is 2.32. The second-order valence-electron chi connectivity index (χ2n) is 6.05. The quantitative estimate of drug-likeness (QED) is 0.794. The van der Waals surface area contributed by atoms with Crippen LogP contribution in [0.15, 0.2) is 18.2 Å². The summed E-state index contributed by atoms with van der Waals surface area (Å²) in [6, 6.07) is 6.59. The van der Waals surface area contributed by atoms with Crippen LogP contribution in [-0.4, -0.2) is 35.1 Å². The van der Waals surface area contributed by atoms with Gasteiger partial charge in [0.15, 0.2) is 0 Å². The van der Waals surface area contributed by atoms with Gasteiger partial charge in [0.25, 0.3) is 0 Å². The number of halogens is 1. The van der Waals surface area contributed by atoms with Crippen LogP contribution in [0.25, 0.3) is 0 Å². The molecule has 1 fully saturated rings. The van der Waals surface area contributed by atoms with Gasteiger partial charge in [0.1, 0.15) is 5.75 Å². The fourth-order valence-electron chi connectivity index (χ4n) is 3.82. The van der Waals surface area contributed by atoms with Crippen LogP contribution in [0.3, 0.4) is 0 Å². The molecule has 2 bridgehead atoms. The monoisotopic (exact) mass is 285 g/mol. The Morgan fingerprint density at radius 2 is 2.05 bits per heavy atom. The summed E-state index contributed by atoms with van der Waals surface area (Å²) in [7, 11) is 2.24. The van der Waals surface area contributed by atoms with E-state index in [9.17, 15) is 5.11 Å². The summed E-state index contributed by atoms with van der Waals surface area (Å²) in [5.41, 5.74) is 3.05. The number of piperidine rings is 1. The normalized spacial score (nSPS) is 32.8. The molecule has 3 rings (SSSR count). The fraction of sp³-hybridized carbons (Fsp3) is 0.600. The van der Waals surface area contributed by atoms with Gasteiger partial charge in [-0.2, -0.15) is 0 Å². The number of fused-ring (bicyclic) bond motifs is 4. The Labute approximate surface area is 121 Å². The van der Waals surface area contributed by atoms with Crippen molar-refractivity contribution in [3.8, 4) is 5.75 Å². The molecule has 0 aromatic heterocycles. The highest BCUT2D eigenvalue weighted by atomic mass is 35.5. The Hall–Kier alpha value is -0.770. The van der Waals surface area contributed by atoms with Crippen LogP contribution in [0.5, 0.6) is 5.75 Å². The van der Waals surface area contributed by atoms with E-state index in [-0.39, 0.29) is 23.3 Å². The standard InChI is InChI=1S/C15H21NO.ClH.H2O/c1-10-14-8-11-4-5-12(17)9-13(11)15(10,2)6-7-16(14)3;;/h4-5,9-10,14,17H,6-8H2,1-3H3;1H;1H2. The van der Waals surface area contributed by atoms with Gasteiger partial charge >= 0.3 is 0 Å². The van der Waals surface area contributed by atoms with E-state index in [4.69, 9.17) is 0 Å². The predicted molar refractivity (Wildman–Crippen MR) is 80.2 cm³/mol. The molecular formula is C15H24ClNO2. The van der Waals surface area contributed by atoms with Crippen LogP contribution in [0.2, 0.25) is 0 Å². The lowest BCUT2D eigenvalue weighted by atomic mass is 9.59. The second kappa shape index (κ2) is 5.31. The van der Waals surface area contributed by atoms with Gasteiger partial charge in [0.2, 0.25) is 0 Å². The zero-order chi connectivity index (χ0) is 12.2. The number of rotatable bonds is 0. The van der Waals surface area contributed by atoms with Crippen molar-refractivity contribution in [2.75, 3.05) is 13.6 Å². The van der Waals surface area contributed by atoms with Crippen molar-refractivity contribution in [2.24, 2.45) is 5.92 Å². The third-order valence-electron chi connectivity index (χ3n) is 5.27. The molecule has 0 saturated carbocycles. The number of hydrogen-bond acceptors (Lipinski definition) is 2. The third kappa shape index (κ3) is 2.24. The number of likely N-dealkylation sites (tertiary alicyclic amines) is 1. The predicted octanol–water partition coefficient (Wildman–Crippen LogP) is 2.14. The van der Waals surface area contributed by atoms with Crippen LogP contribution in [-0.2, 0) is 11.8 Å². The third-order valence-corrected chi connectivity index (χ3v) is 5.27. The Morgan fingerprint density at radius 1 is 1.37 bits per heavy atom. The molecule has 1 aliphatic heterocycles. The van der Waals surface area contributed by atoms with E-state index in [1.54, 1.807) is 0 Å². The van der Waals surface area contributed by atoms with Gasteiger partial charge in [-0.05, 0) is 61.0 Å². The molecule has 1 heterocycles. The Balaban J connectivity index is 0.000000902. The minimum Gasteiger partial charge on any atom is -0.508 e. The summed E-state index contributed by atoms with van der Waals surface area (Å²) < 4.78 is 0. The van der Waals surface area contributed by atoms with Gasteiger partial charge in [0.05, 0.1) is 0 Å². The number of likely N-dealkylation sites (N-methyl/N-ethyl adjacent to an activating group) is 1. The lowest BCUT2D eigenvalue weighted by molar-refractivity contribution is 0.0506. The summed E-state index contributed by atoms with van der Waals surface area (Å²) in [6.45, 7) is 5.91. The molecule has 1 aromatic rings. The van der Waals surface area contributed by atoms with Gasteiger partial charge in [-0.15, -0.1) is 12.4 Å². The smallest absolute Gasteiger partial charge is 0.115 e. The van der Waals surface area contributed by atoms with Gasteiger partial charge in [-0.1, -0.05) is 19.9 Å². The molecule has 1 saturated heterocycles. The fourth-order valence-corrected chi connectivity index (χ4v) is 3.82. The molecule has 108 valence electrons. The molecule has 0 amide bonds. The molecule has 3 atom stereocenters. The highest BCUT2D eigenvalue weighted by Crippen LogP contribution is 2.48. The van der Waals surface area contributed by atoms with Gasteiger partial charge in [-0.25, -0.2) is 0 Å². The van der Waals surface area contributed by atoms with Crippen molar-refractivity contribution in [3.05, 3.63) is 29.3 Å². The Morgan fingerprint density at radius 3 is 2.74 bits per heavy atom. The van der Waals surface area contributed by atoms with Crippen LogP contribution in [0, 0.1) is 5.92 Å². The lowest BCUT2D eigenvalue weighted by Crippen LogP contribution is -2.56. The second-order valence-corrected chi connectivity index (χ2v) is 6.05. The summed E-state index contributed by atoms with van der Waals surface area (Å²) in [5.74, 6) is 1.07. The average Bonchev–Trinajstić information content (AvgIpc) is 2.30. The SMILES string of the molecule is CC1C2Cc3ccc(O)cc3C1(C)CCN2C.Cl.O. The zero-order valence-electron chi connectivity index (χ0n) is 11.8. The number of nitrogens with zero attached hydrogens (tertiary/aromatic N) is 1. The minimum atomic E-state index is 0. The van der Waals surface area contributed by atoms with Crippen molar-refractivity contribution >= 4 is 12.4 Å². The molecule has 1 aromatic carbocycles. The molecule has 0 radical (unpaired) electrons. The van der Waals surface area contributed by atoms with Gasteiger partial charge in [-0.3, -0.25) is 0 Å². The molecule has 0 spiro atoms.